The summed E-state index contributed by atoms with van der Waals surface area (Å²) in [5.74, 6) is -1.33. The number of carboxylic acids is 2. The molecule has 1 aromatic heterocycles. The lowest BCUT2D eigenvalue weighted by atomic mass is 9.89. The minimum atomic E-state index is -0.961. The minimum absolute atomic E-state index is 0.210. The molecule has 0 bridgehead atoms. The molecular weight excluding hydrogens is 460 g/mol. The predicted molar refractivity (Wildman–Crippen MR) is 122 cm³/mol. The molecule has 0 unspecified atom stereocenters. The van der Waals surface area contributed by atoms with Gasteiger partial charge in [0.15, 0.2) is 0 Å². The second-order valence-corrected chi connectivity index (χ2v) is 9.09. The van der Waals surface area contributed by atoms with Crippen molar-refractivity contribution in [3.8, 4) is 0 Å². The Morgan fingerprint density at radius 3 is 2.42 bits per heavy atom. The number of aliphatic carboxylic acids is 2. The van der Waals surface area contributed by atoms with Gasteiger partial charge in [-0.3, -0.25) is 14.5 Å². The van der Waals surface area contributed by atoms with Crippen LogP contribution in [0.4, 0.5) is 0 Å². The summed E-state index contributed by atoms with van der Waals surface area (Å²) in [5.41, 5.74) is 2.69. The van der Waals surface area contributed by atoms with E-state index in [0.29, 0.717) is 24.6 Å². The van der Waals surface area contributed by atoms with Crippen LogP contribution in [0, 0.1) is 5.92 Å². The molecule has 1 aliphatic heterocycles. The van der Waals surface area contributed by atoms with Crippen LogP contribution >= 0.6 is 15.9 Å². The van der Waals surface area contributed by atoms with E-state index in [0.717, 1.165) is 34.6 Å². The van der Waals surface area contributed by atoms with Crippen LogP contribution in [0.1, 0.15) is 30.0 Å². The normalized spacial score (nSPS) is 16.4. The van der Waals surface area contributed by atoms with Gasteiger partial charge in [0.05, 0.1) is 5.52 Å². The van der Waals surface area contributed by atoms with Crippen molar-refractivity contribution in [1.82, 2.24) is 9.47 Å². The summed E-state index contributed by atoms with van der Waals surface area (Å²) in [7, 11) is 0. The quantitative estimate of drug-likeness (QED) is 0.513. The van der Waals surface area contributed by atoms with Gasteiger partial charge in [-0.2, -0.15) is 0 Å². The van der Waals surface area contributed by atoms with Crippen LogP contribution in [-0.4, -0.2) is 44.7 Å². The Labute approximate surface area is 189 Å². The van der Waals surface area contributed by atoms with Crippen LogP contribution < -0.4 is 0 Å². The molecule has 0 amide bonds. The summed E-state index contributed by atoms with van der Waals surface area (Å²) in [4.78, 5) is 25.7. The molecule has 3 aromatic rings. The highest BCUT2D eigenvalue weighted by Crippen LogP contribution is 2.35. The maximum Gasteiger partial charge on any atom is 0.325 e. The second kappa shape index (κ2) is 9.24. The van der Waals surface area contributed by atoms with Crippen LogP contribution in [0.2, 0.25) is 0 Å². The van der Waals surface area contributed by atoms with Crippen LogP contribution in [0.25, 0.3) is 10.9 Å². The molecule has 0 saturated carbocycles. The molecule has 0 spiro atoms. The molecule has 1 fully saturated rings. The molecule has 1 atom stereocenters. The van der Waals surface area contributed by atoms with Crippen LogP contribution in [0.3, 0.4) is 0 Å². The predicted octanol–water partition coefficient (Wildman–Crippen LogP) is 4.57. The van der Waals surface area contributed by atoms with Crippen molar-refractivity contribution in [2.75, 3.05) is 13.1 Å². The summed E-state index contributed by atoms with van der Waals surface area (Å²) < 4.78 is 2.44. The average Bonchev–Trinajstić information content (AvgIpc) is 3.06. The number of carboxylic acid groups (broad SMARTS) is 2. The summed E-state index contributed by atoms with van der Waals surface area (Å²) in [6.45, 7) is 1.20. The topological polar surface area (TPSA) is 82.8 Å². The molecule has 0 aliphatic carbocycles. The molecule has 0 radical (unpaired) electrons. The number of carbonyl (C=O) groups is 2. The van der Waals surface area contributed by atoms with Crippen molar-refractivity contribution >= 4 is 38.8 Å². The first-order valence-corrected chi connectivity index (χ1v) is 11.2. The first kappa shape index (κ1) is 21.6. The molecular formula is C24H25BrN2O4. The average molecular weight is 485 g/mol. The van der Waals surface area contributed by atoms with Gasteiger partial charge in [0.25, 0.3) is 0 Å². The van der Waals surface area contributed by atoms with Gasteiger partial charge >= 0.3 is 11.9 Å². The lowest BCUT2D eigenvalue weighted by Gasteiger charge is -2.35. The number of aromatic nitrogens is 1. The fourth-order valence-corrected chi connectivity index (χ4v) is 4.99. The van der Waals surface area contributed by atoms with E-state index in [2.05, 4.69) is 40.2 Å². The number of rotatable bonds is 7. The standard InChI is InChI=1S/C24H25BrN2O4/c25-18-6-7-19-20(14-27(15-22(28)29)21(19)13-18)23(24(30)31)26-10-8-17(9-11-26)12-16-4-2-1-3-5-16/h1-7,13-14,17,23H,8-12,15H2,(H,28,29)(H,30,31)/t23-/m1/s1. The van der Waals surface area contributed by atoms with Gasteiger partial charge in [0.2, 0.25) is 0 Å². The highest BCUT2D eigenvalue weighted by atomic mass is 79.9. The van der Waals surface area contributed by atoms with Crippen LogP contribution in [-0.2, 0) is 22.6 Å². The summed E-state index contributed by atoms with van der Waals surface area (Å²) in [6.07, 6.45) is 4.59. The van der Waals surface area contributed by atoms with Crippen molar-refractivity contribution in [3.05, 3.63) is 70.3 Å². The van der Waals surface area contributed by atoms with Gasteiger partial charge in [0, 0.05) is 21.6 Å². The molecule has 31 heavy (non-hydrogen) atoms. The fourth-order valence-electron chi connectivity index (χ4n) is 4.64. The first-order chi connectivity index (χ1) is 14.9. The Bertz CT molecular complexity index is 1090. The number of hydrogen-bond acceptors (Lipinski definition) is 3. The van der Waals surface area contributed by atoms with Crippen molar-refractivity contribution in [2.45, 2.75) is 31.8 Å². The van der Waals surface area contributed by atoms with E-state index in [-0.39, 0.29) is 6.54 Å². The zero-order valence-electron chi connectivity index (χ0n) is 17.1. The second-order valence-electron chi connectivity index (χ2n) is 8.18. The Hall–Kier alpha value is -2.64. The van der Waals surface area contributed by atoms with Crippen molar-refractivity contribution in [1.29, 1.82) is 0 Å². The molecule has 1 saturated heterocycles. The van der Waals surface area contributed by atoms with Gasteiger partial charge in [-0.25, -0.2) is 0 Å². The number of halogens is 1. The zero-order chi connectivity index (χ0) is 22.0. The van der Waals surface area contributed by atoms with E-state index in [1.807, 2.05) is 29.2 Å². The molecule has 1 aliphatic rings. The smallest absolute Gasteiger partial charge is 0.325 e. The van der Waals surface area contributed by atoms with E-state index in [9.17, 15) is 19.8 Å². The molecule has 162 valence electrons. The highest BCUT2D eigenvalue weighted by Gasteiger charge is 2.33. The van der Waals surface area contributed by atoms with Crippen LogP contribution in [0.5, 0.6) is 0 Å². The Kier molecular flexibility index (Phi) is 6.43. The highest BCUT2D eigenvalue weighted by molar-refractivity contribution is 9.10. The number of fused-ring (bicyclic) bond motifs is 1. The van der Waals surface area contributed by atoms with E-state index >= 15 is 0 Å². The monoisotopic (exact) mass is 484 g/mol. The van der Waals surface area contributed by atoms with E-state index in [1.54, 1.807) is 10.8 Å². The third-order valence-corrected chi connectivity index (χ3v) is 6.58. The lowest BCUT2D eigenvalue weighted by molar-refractivity contribution is -0.144. The molecule has 7 heteroatoms. The number of likely N-dealkylation sites (tertiary alicyclic amines) is 1. The largest absolute Gasteiger partial charge is 0.480 e. The third kappa shape index (κ3) is 4.83. The number of piperidine rings is 1. The molecule has 6 nitrogen and oxygen atoms in total. The van der Waals surface area contributed by atoms with Gasteiger partial charge in [-0.1, -0.05) is 52.3 Å². The Morgan fingerprint density at radius 2 is 1.77 bits per heavy atom. The molecule has 4 rings (SSSR count). The third-order valence-electron chi connectivity index (χ3n) is 6.09. The summed E-state index contributed by atoms with van der Waals surface area (Å²) in [6, 6.07) is 15.2. The molecule has 2 aromatic carbocycles. The van der Waals surface area contributed by atoms with Gasteiger partial charge < -0.3 is 14.8 Å². The van der Waals surface area contributed by atoms with Gasteiger partial charge in [0.1, 0.15) is 12.6 Å². The minimum Gasteiger partial charge on any atom is -0.480 e. The Morgan fingerprint density at radius 1 is 1.06 bits per heavy atom. The van der Waals surface area contributed by atoms with E-state index < -0.39 is 18.0 Å². The SMILES string of the molecule is O=C(O)Cn1cc([C@H](C(=O)O)N2CCC(Cc3ccccc3)CC2)c2ccc(Br)cc21. The number of nitrogens with zero attached hydrogens (tertiary/aromatic N) is 2. The van der Waals surface area contributed by atoms with Gasteiger partial charge in [-0.05, 0) is 56.0 Å². The van der Waals surface area contributed by atoms with Gasteiger partial charge in [-0.15, -0.1) is 0 Å². The maximum absolute atomic E-state index is 12.3. The molecule has 2 heterocycles. The molecule has 2 N–H and O–H groups in total. The fraction of sp³-hybridized carbons (Fsp3) is 0.333. The van der Waals surface area contributed by atoms with Crippen molar-refractivity contribution in [3.63, 3.8) is 0 Å². The maximum atomic E-state index is 12.3. The summed E-state index contributed by atoms with van der Waals surface area (Å²) >= 11 is 3.43. The number of hydrogen-bond donors (Lipinski definition) is 2. The van der Waals surface area contributed by atoms with E-state index in [1.165, 1.54) is 5.56 Å². The number of benzene rings is 2. The van der Waals surface area contributed by atoms with Crippen molar-refractivity contribution < 1.29 is 19.8 Å². The first-order valence-electron chi connectivity index (χ1n) is 10.4. The summed E-state index contributed by atoms with van der Waals surface area (Å²) in [5, 5.41) is 20.2. The Balaban J connectivity index is 1.58. The van der Waals surface area contributed by atoms with Crippen LogP contribution in [0.15, 0.2) is 59.2 Å². The van der Waals surface area contributed by atoms with Crippen molar-refractivity contribution in [2.24, 2.45) is 5.92 Å². The lowest BCUT2D eigenvalue weighted by Crippen LogP contribution is -2.40. The zero-order valence-corrected chi connectivity index (χ0v) is 18.7. The van der Waals surface area contributed by atoms with E-state index in [4.69, 9.17) is 0 Å².